The molecule has 0 bridgehead atoms. The lowest BCUT2D eigenvalue weighted by Crippen LogP contribution is -2.46. The first-order valence-electron chi connectivity index (χ1n) is 7.32. The SMILES string of the molecule is CC1CC(C)CN(CC2(C=O)CCCCC2)C1. The molecule has 1 heterocycles. The third-order valence-electron chi connectivity index (χ3n) is 4.58. The molecule has 0 aromatic heterocycles. The normalized spacial score (nSPS) is 34.5. The summed E-state index contributed by atoms with van der Waals surface area (Å²) in [6.45, 7) is 8.10. The topological polar surface area (TPSA) is 20.3 Å². The molecule has 1 saturated heterocycles. The second kappa shape index (κ2) is 5.51. The fourth-order valence-corrected chi connectivity index (χ4v) is 3.94. The number of hydrogen-bond donors (Lipinski definition) is 0. The molecule has 98 valence electrons. The van der Waals surface area contributed by atoms with Crippen LogP contribution in [-0.4, -0.2) is 30.8 Å². The van der Waals surface area contributed by atoms with Crippen molar-refractivity contribution in [3.05, 3.63) is 0 Å². The average molecular weight is 237 g/mol. The third kappa shape index (κ3) is 3.31. The van der Waals surface area contributed by atoms with Crippen molar-refractivity contribution in [2.75, 3.05) is 19.6 Å². The first-order valence-corrected chi connectivity index (χ1v) is 7.32. The molecule has 1 saturated carbocycles. The number of carbonyl (C=O) groups excluding carboxylic acids is 1. The monoisotopic (exact) mass is 237 g/mol. The summed E-state index contributed by atoms with van der Waals surface area (Å²) in [5, 5.41) is 0. The van der Waals surface area contributed by atoms with Crippen molar-refractivity contribution in [2.24, 2.45) is 17.3 Å². The van der Waals surface area contributed by atoms with Crippen LogP contribution in [0.2, 0.25) is 0 Å². The van der Waals surface area contributed by atoms with Crippen LogP contribution in [0.5, 0.6) is 0 Å². The van der Waals surface area contributed by atoms with Crippen LogP contribution in [0.4, 0.5) is 0 Å². The quantitative estimate of drug-likeness (QED) is 0.703. The molecule has 2 fully saturated rings. The van der Waals surface area contributed by atoms with Gasteiger partial charge in [-0.2, -0.15) is 0 Å². The Bertz CT molecular complexity index is 248. The number of nitrogens with zero attached hydrogens (tertiary/aromatic N) is 1. The summed E-state index contributed by atoms with van der Waals surface area (Å²) in [6.07, 6.45) is 8.68. The van der Waals surface area contributed by atoms with Crippen LogP contribution in [-0.2, 0) is 4.79 Å². The lowest BCUT2D eigenvalue weighted by Gasteiger charge is -2.41. The molecule has 2 nitrogen and oxygen atoms in total. The maximum atomic E-state index is 11.5. The lowest BCUT2D eigenvalue weighted by atomic mass is 9.74. The Morgan fingerprint density at radius 1 is 1.12 bits per heavy atom. The number of carbonyl (C=O) groups is 1. The van der Waals surface area contributed by atoms with Gasteiger partial charge >= 0.3 is 0 Å². The molecule has 1 aliphatic heterocycles. The van der Waals surface area contributed by atoms with E-state index in [0.29, 0.717) is 0 Å². The van der Waals surface area contributed by atoms with Gasteiger partial charge in [-0.3, -0.25) is 0 Å². The van der Waals surface area contributed by atoms with Gasteiger partial charge in [0.05, 0.1) is 0 Å². The van der Waals surface area contributed by atoms with Crippen LogP contribution >= 0.6 is 0 Å². The van der Waals surface area contributed by atoms with E-state index in [0.717, 1.165) is 31.2 Å². The number of likely N-dealkylation sites (tertiary alicyclic amines) is 1. The standard InChI is InChI=1S/C15H27NO/c1-13-8-14(2)10-16(9-13)11-15(12-17)6-4-3-5-7-15/h12-14H,3-11H2,1-2H3. The molecular weight excluding hydrogens is 210 g/mol. The van der Waals surface area contributed by atoms with E-state index >= 15 is 0 Å². The smallest absolute Gasteiger partial charge is 0.127 e. The molecule has 0 aromatic rings. The van der Waals surface area contributed by atoms with Gasteiger partial charge in [-0.25, -0.2) is 0 Å². The second-order valence-electron chi connectivity index (χ2n) is 6.68. The van der Waals surface area contributed by atoms with Crippen LogP contribution in [0.25, 0.3) is 0 Å². The summed E-state index contributed by atoms with van der Waals surface area (Å²) in [7, 11) is 0. The van der Waals surface area contributed by atoms with E-state index in [9.17, 15) is 4.79 Å². The third-order valence-corrected chi connectivity index (χ3v) is 4.58. The van der Waals surface area contributed by atoms with Crippen LogP contribution in [0.15, 0.2) is 0 Å². The average Bonchev–Trinajstić information content (AvgIpc) is 2.29. The minimum atomic E-state index is -0.00493. The summed E-state index contributed by atoms with van der Waals surface area (Å²) in [4.78, 5) is 14.0. The predicted molar refractivity (Wildman–Crippen MR) is 71.0 cm³/mol. The summed E-state index contributed by atoms with van der Waals surface area (Å²) in [5.74, 6) is 1.59. The van der Waals surface area contributed by atoms with Crippen LogP contribution in [0.3, 0.4) is 0 Å². The first kappa shape index (κ1) is 13.1. The summed E-state index contributed by atoms with van der Waals surface area (Å²) in [5.41, 5.74) is -0.00493. The molecule has 2 atom stereocenters. The molecule has 0 spiro atoms. The highest BCUT2D eigenvalue weighted by atomic mass is 16.1. The van der Waals surface area contributed by atoms with Gasteiger partial charge in [-0.05, 0) is 31.1 Å². The van der Waals surface area contributed by atoms with E-state index in [1.54, 1.807) is 0 Å². The van der Waals surface area contributed by atoms with Crippen LogP contribution in [0.1, 0.15) is 52.4 Å². The first-order chi connectivity index (χ1) is 8.13. The molecule has 0 N–H and O–H groups in total. The van der Waals surface area contributed by atoms with Gasteiger partial charge in [0.15, 0.2) is 0 Å². The van der Waals surface area contributed by atoms with Gasteiger partial charge in [0.2, 0.25) is 0 Å². The van der Waals surface area contributed by atoms with Gasteiger partial charge in [-0.1, -0.05) is 33.1 Å². The fraction of sp³-hybridized carbons (Fsp3) is 0.933. The molecule has 0 radical (unpaired) electrons. The van der Waals surface area contributed by atoms with Gasteiger partial charge in [-0.15, -0.1) is 0 Å². The van der Waals surface area contributed by atoms with Gasteiger partial charge in [0.25, 0.3) is 0 Å². The fourth-order valence-electron chi connectivity index (χ4n) is 3.94. The summed E-state index contributed by atoms with van der Waals surface area (Å²) in [6, 6.07) is 0. The predicted octanol–water partition coefficient (Wildman–Crippen LogP) is 3.11. The lowest BCUT2D eigenvalue weighted by molar-refractivity contribution is -0.119. The van der Waals surface area contributed by atoms with Crippen LogP contribution < -0.4 is 0 Å². The Labute approximate surface area is 106 Å². The molecule has 2 aliphatic rings. The molecule has 1 aliphatic carbocycles. The molecule has 2 unspecified atom stereocenters. The molecule has 17 heavy (non-hydrogen) atoms. The second-order valence-corrected chi connectivity index (χ2v) is 6.68. The zero-order valence-corrected chi connectivity index (χ0v) is 11.5. The largest absolute Gasteiger partial charge is 0.303 e. The maximum Gasteiger partial charge on any atom is 0.127 e. The highest BCUT2D eigenvalue weighted by molar-refractivity contribution is 5.60. The Morgan fingerprint density at radius 2 is 1.71 bits per heavy atom. The van der Waals surface area contributed by atoms with Gasteiger partial charge in [0, 0.05) is 25.0 Å². The molecule has 2 rings (SSSR count). The highest BCUT2D eigenvalue weighted by Crippen LogP contribution is 2.36. The Hall–Kier alpha value is -0.370. The van der Waals surface area contributed by atoms with Crippen molar-refractivity contribution in [2.45, 2.75) is 52.4 Å². The number of hydrogen-bond acceptors (Lipinski definition) is 2. The highest BCUT2D eigenvalue weighted by Gasteiger charge is 2.35. The molecule has 0 amide bonds. The summed E-state index contributed by atoms with van der Waals surface area (Å²) < 4.78 is 0. The maximum absolute atomic E-state index is 11.5. The van der Waals surface area contributed by atoms with Gasteiger partial charge < -0.3 is 9.69 Å². The van der Waals surface area contributed by atoms with Crippen molar-refractivity contribution in [1.29, 1.82) is 0 Å². The van der Waals surface area contributed by atoms with Crippen molar-refractivity contribution in [3.63, 3.8) is 0 Å². The molecule has 0 aromatic carbocycles. The van der Waals surface area contributed by atoms with Crippen LogP contribution in [0, 0.1) is 17.3 Å². The van der Waals surface area contributed by atoms with E-state index in [4.69, 9.17) is 0 Å². The van der Waals surface area contributed by atoms with Gasteiger partial charge in [0.1, 0.15) is 6.29 Å². The number of piperidine rings is 1. The zero-order chi connectivity index (χ0) is 12.3. The Morgan fingerprint density at radius 3 is 2.24 bits per heavy atom. The summed E-state index contributed by atoms with van der Waals surface area (Å²) >= 11 is 0. The molecular formula is C15H27NO. The number of rotatable bonds is 3. The van der Waals surface area contributed by atoms with Crippen molar-refractivity contribution in [3.8, 4) is 0 Å². The van der Waals surface area contributed by atoms with E-state index in [1.165, 1.54) is 45.1 Å². The zero-order valence-electron chi connectivity index (χ0n) is 11.5. The van der Waals surface area contributed by atoms with E-state index in [-0.39, 0.29) is 5.41 Å². The minimum Gasteiger partial charge on any atom is -0.303 e. The Balaban J connectivity index is 1.95. The van der Waals surface area contributed by atoms with E-state index in [1.807, 2.05) is 0 Å². The molecule has 2 heteroatoms. The van der Waals surface area contributed by atoms with E-state index in [2.05, 4.69) is 18.7 Å². The van der Waals surface area contributed by atoms with E-state index < -0.39 is 0 Å². The van der Waals surface area contributed by atoms with Crippen molar-refractivity contribution >= 4 is 6.29 Å². The number of aldehydes is 1. The minimum absolute atomic E-state index is 0.00493. The Kier molecular flexibility index (Phi) is 4.24. The van der Waals surface area contributed by atoms with Crippen molar-refractivity contribution in [1.82, 2.24) is 4.90 Å². The van der Waals surface area contributed by atoms with Crippen molar-refractivity contribution < 1.29 is 4.79 Å².